The molecule has 6 nitrogen and oxygen atoms in total. The Morgan fingerprint density at radius 1 is 1.09 bits per heavy atom. The number of aromatic amines is 1. The van der Waals surface area contributed by atoms with Gasteiger partial charge in [0.15, 0.2) is 0 Å². The molecule has 2 saturated heterocycles. The van der Waals surface area contributed by atoms with Crippen molar-refractivity contribution < 1.29 is 9.18 Å². The Kier molecular flexibility index (Phi) is 10.4. The first-order valence-corrected chi connectivity index (χ1v) is 12.4. The number of nitrogens with one attached hydrogen (secondary N) is 4. The fourth-order valence-corrected chi connectivity index (χ4v) is 4.97. The maximum atomic E-state index is 13.6. The molecule has 0 saturated carbocycles. The lowest BCUT2D eigenvalue weighted by Gasteiger charge is -2.32. The third-order valence-electron chi connectivity index (χ3n) is 6.98. The van der Waals surface area contributed by atoms with Gasteiger partial charge in [0.2, 0.25) is 5.91 Å². The van der Waals surface area contributed by atoms with Crippen LogP contribution in [-0.4, -0.2) is 67.6 Å². The van der Waals surface area contributed by atoms with E-state index in [1.807, 2.05) is 11.1 Å². The summed E-state index contributed by atoms with van der Waals surface area (Å²) in [5, 5.41) is 11.5. The topological polar surface area (TPSA) is 72.2 Å². The average Bonchev–Trinajstić information content (AvgIpc) is 3.46. The summed E-state index contributed by atoms with van der Waals surface area (Å²) in [6.07, 6.45) is 9.31. The molecule has 2 aliphatic rings. The van der Waals surface area contributed by atoms with E-state index >= 15 is 0 Å². The maximum absolute atomic E-state index is 13.6. The molecule has 8 heteroatoms. The van der Waals surface area contributed by atoms with Crippen molar-refractivity contribution in [3.05, 3.63) is 35.8 Å². The Hall–Kier alpha value is -1.67. The van der Waals surface area contributed by atoms with Crippen LogP contribution in [0, 0.1) is 11.7 Å². The number of carbonyl (C=O) groups excluding carboxylic acids is 1. The predicted molar refractivity (Wildman–Crippen MR) is 135 cm³/mol. The quantitative estimate of drug-likeness (QED) is 0.373. The molecule has 4 N–H and O–H groups in total. The number of rotatable bonds is 11. The molecule has 2 aromatic rings. The summed E-state index contributed by atoms with van der Waals surface area (Å²) in [7, 11) is 0. The monoisotopic (exact) mass is 479 g/mol. The van der Waals surface area contributed by atoms with Crippen LogP contribution in [0.4, 0.5) is 4.39 Å². The Balaban J connectivity index is 0.00000306. The number of H-pyrrole nitrogens is 1. The fourth-order valence-electron chi connectivity index (χ4n) is 4.97. The van der Waals surface area contributed by atoms with E-state index < -0.39 is 0 Å². The van der Waals surface area contributed by atoms with Crippen molar-refractivity contribution in [3.63, 3.8) is 0 Å². The van der Waals surface area contributed by atoms with E-state index in [0.717, 1.165) is 68.6 Å². The number of unbranched alkanes of at least 4 members (excludes halogenated alkanes) is 1. The van der Waals surface area contributed by atoms with Gasteiger partial charge in [-0.2, -0.15) is 0 Å². The standard InChI is InChI=1S/C25H38FN5O.ClH/c26-21-5-6-24-23(15-21)20(17-30-24)14-25(32)31-12-7-19(8-13-31)16-27-9-1-2-10-28-18-22-4-3-11-29-22;/h5-6,15,17,19,22,27-30H,1-4,7-14,16,18H2;1H/t22-;/m0./s1. The first-order chi connectivity index (χ1) is 15.7. The lowest BCUT2D eigenvalue weighted by molar-refractivity contribution is -0.131. The Morgan fingerprint density at radius 3 is 2.58 bits per heavy atom. The van der Waals surface area contributed by atoms with Gasteiger partial charge < -0.3 is 25.8 Å². The van der Waals surface area contributed by atoms with Crippen LogP contribution >= 0.6 is 12.4 Å². The molecule has 33 heavy (non-hydrogen) atoms. The molecule has 1 amide bonds. The number of benzene rings is 1. The van der Waals surface area contributed by atoms with E-state index in [1.165, 1.54) is 44.4 Å². The van der Waals surface area contributed by atoms with Crippen molar-refractivity contribution in [3.8, 4) is 0 Å². The van der Waals surface area contributed by atoms with Gasteiger partial charge in [0.1, 0.15) is 5.82 Å². The summed E-state index contributed by atoms with van der Waals surface area (Å²) in [5.41, 5.74) is 1.75. The summed E-state index contributed by atoms with van der Waals surface area (Å²) in [6.45, 7) is 7.13. The molecule has 3 heterocycles. The minimum atomic E-state index is -0.267. The van der Waals surface area contributed by atoms with E-state index in [-0.39, 0.29) is 24.1 Å². The summed E-state index contributed by atoms with van der Waals surface area (Å²) in [4.78, 5) is 17.9. The van der Waals surface area contributed by atoms with Crippen molar-refractivity contribution in [2.45, 2.75) is 51.0 Å². The highest BCUT2D eigenvalue weighted by Gasteiger charge is 2.23. The van der Waals surface area contributed by atoms with E-state index in [2.05, 4.69) is 20.9 Å². The van der Waals surface area contributed by atoms with Crippen molar-refractivity contribution in [2.24, 2.45) is 5.92 Å². The summed E-state index contributed by atoms with van der Waals surface area (Å²) >= 11 is 0. The molecule has 1 aromatic carbocycles. The second kappa shape index (κ2) is 13.3. The van der Waals surface area contributed by atoms with Crippen molar-refractivity contribution >= 4 is 29.2 Å². The minimum Gasteiger partial charge on any atom is -0.361 e. The zero-order valence-corrected chi connectivity index (χ0v) is 20.3. The predicted octanol–water partition coefficient (Wildman–Crippen LogP) is 3.22. The number of likely N-dealkylation sites (tertiary alicyclic amines) is 1. The Morgan fingerprint density at radius 2 is 1.85 bits per heavy atom. The van der Waals surface area contributed by atoms with Gasteiger partial charge in [-0.25, -0.2) is 4.39 Å². The van der Waals surface area contributed by atoms with Gasteiger partial charge in [0.25, 0.3) is 0 Å². The van der Waals surface area contributed by atoms with Crippen LogP contribution in [0.15, 0.2) is 24.4 Å². The Labute approximate surface area is 202 Å². The molecule has 2 fully saturated rings. The van der Waals surface area contributed by atoms with E-state index in [1.54, 1.807) is 6.07 Å². The Bertz CT molecular complexity index is 862. The fraction of sp³-hybridized carbons (Fsp3) is 0.640. The SMILES string of the molecule is Cl.O=C(Cc1c[nH]c2ccc(F)cc12)N1CCC(CNCCCCNC[C@@H]2CCCN2)CC1. The lowest BCUT2D eigenvalue weighted by Crippen LogP contribution is -2.41. The van der Waals surface area contributed by atoms with Crippen LogP contribution in [0.5, 0.6) is 0 Å². The molecule has 2 aliphatic heterocycles. The van der Waals surface area contributed by atoms with Crippen molar-refractivity contribution in [1.29, 1.82) is 0 Å². The minimum absolute atomic E-state index is 0. The summed E-state index contributed by atoms with van der Waals surface area (Å²) < 4.78 is 13.6. The van der Waals surface area contributed by atoms with Gasteiger partial charge in [-0.05, 0) is 94.4 Å². The average molecular weight is 480 g/mol. The van der Waals surface area contributed by atoms with E-state index in [9.17, 15) is 9.18 Å². The van der Waals surface area contributed by atoms with Crippen LogP contribution in [0.3, 0.4) is 0 Å². The van der Waals surface area contributed by atoms with Gasteiger partial charge >= 0.3 is 0 Å². The van der Waals surface area contributed by atoms with Crippen LogP contribution in [-0.2, 0) is 11.2 Å². The molecule has 0 bridgehead atoms. The van der Waals surface area contributed by atoms with Crippen LogP contribution < -0.4 is 16.0 Å². The van der Waals surface area contributed by atoms with Crippen LogP contribution in [0.2, 0.25) is 0 Å². The number of fused-ring (bicyclic) bond motifs is 1. The van der Waals surface area contributed by atoms with Gasteiger partial charge in [-0.1, -0.05) is 0 Å². The second-order valence-electron chi connectivity index (χ2n) is 9.41. The number of hydrogen-bond acceptors (Lipinski definition) is 4. The molecule has 4 rings (SSSR count). The molecule has 0 spiro atoms. The third-order valence-corrected chi connectivity index (χ3v) is 6.98. The molecule has 0 radical (unpaired) electrons. The van der Waals surface area contributed by atoms with E-state index in [0.29, 0.717) is 18.4 Å². The molecule has 1 aromatic heterocycles. The summed E-state index contributed by atoms with van der Waals surface area (Å²) in [6, 6.07) is 5.35. The second-order valence-corrected chi connectivity index (χ2v) is 9.41. The number of halogens is 2. The van der Waals surface area contributed by atoms with Crippen molar-refractivity contribution in [2.75, 3.05) is 45.8 Å². The highest BCUT2D eigenvalue weighted by atomic mass is 35.5. The normalized spacial score (nSPS) is 19.2. The molecule has 0 unspecified atom stereocenters. The first kappa shape index (κ1) is 25.9. The molecular weight excluding hydrogens is 441 g/mol. The van der Waals surface area contributed by atoms with Crippen molar-refractivity contribution in [1.82, 2.24) is 25.8 Å². The highest BCUT2D eigenvalue weighted by Crippen LogP contribution is 2.22. The molecular formula is C25H39ClFN5O. The number of carbonyl (C=O) groups is 1. The zero-order valence-electron chi connectivity index (χ0n) is 19.5. The third kappa shape index (κ3) is 7.67. The lowest BCUT2D eigenvalue weighted by atomic mass is 9.96. The largest absolute Gasteiger partial charge is 0.361 e. The number of nitrogens with zero attached hydrogens (tertiary/aromatic N) is 1. The molecule has 184 valence electrons. The van der Waals surface area contributed by atoms with Crippen LogP contribution in [0.25, 0.3) is 10.9 Å². The highest BCUT2D eigenvalue weighted by molar-refractivity contribution is 5.89. The molecule has 1 atom stereocenters. The summed E-state index contributed by atoms with van der Waals surface area (Å²) in [5.74, 6) is 0.520. The van der Waals surface area contributed by atoms with Gasteiger partial charge in [-0.3, -0.25) is 4.79 Å². The van der Waals surface area contributed by atoms with Gasteiger partial charge in [0, 0.05) is 42.8 Å². The van der Waals surface area contributed by atoms with Gasteiger partial charge in [0.05, 0.1) is 6.42 Å². The number of amides is 1. The first-order valence-electron chi connectivity index (χ1n) is 12.4. The number of piperidine rings is 1. The number of aromatic nitrogens is 1. The smallest absolute Gasteiger partial charge is 0.227 e. The molecule has 0 aliphatic carbocycles. The van der Waals surface area contributed by atoms with Gasteiger partial charge in [-0.15, -0.1) is 12.4 Å². The zero-order chi connectivity index (χ0) is 22.2. The number of hydrogen-bond donors (Lipinski definition) is 4. The van der Waals surface area contributed by atoms with E-state index in [4.69, 9.17) is 0 Å². The van der Waals surface area contributed by atoms with Crippen LogP contribution in [0.1, 0.15) is 44.1 Å². The maximum Gasteiger partial charge on any atom is 0.227 e.